The monoisotopic (exact) mass is 544 g/mol. The Balaban J connectivity index is 1.46. The molecule has 1 heterocycles. The third-order valence-corrected chi connectivity index (χ3v) is 7.55. The summed E-state index contributed by atoms with van der Waals surface area (Å²) < 4.78 is 0. The normalized spacial score (nSPS) is 11.0. The number of aromatic nitrogens is 2. The zero-order valence-electron chi connectivity index (χ0n) is 22.2. The van der Waals surface area contributed by atoms with E-state index < -0.39 is 0 Å². The van der Waals surface area contributed by atoms with E-state index in [0.29, 0.717) is 10.8 Å². The Kier molecular flexibility index (Phi) is 6.60. The van der Waals surface area contributed by atoms with Crippen LogP contribution in [0.25, 0.3) is 66.9 Å². The molecule has 1 aromatic heterocycles. The van der Waals surface area contributed by atoms with Gasteiger partial charge in [-0.15, -0.1) is 0 Å². The zero-order chi connectivity index (χ0) is 27.6. The van der Waals surface area contributed by atoms with Crippen LogP contribution >= 0.6 is 11.6 Å². The largest absolute Gasteiger partial charge is 0.228 e. The maximum Gasteiger partial charge on any atom is 0.160 e. The molecule has 0 aliphatic rings. The summed E-state index contributed by atoms with van der Waals surface area (Å²) in [6, 6.07) is 52.1. The Bertz CT molecular complexity index is 2000. The molecule has 41 heavy (non-hydrogen) atoms. The Labute approximate surface area is 244 Å². The lowest BCUT2D eigenvalue weighted by Crippen LogP contribution is -1.97. The molecule has 0 aliphatic carbocycles. The summed E-state index contributed by atoms with van der Waals surface area (Å²) >= 11 is 6.38. The second-order valence-electron chi connectivity index (χ2n) is 10.0. The number of hydrogen-bond donors (Lipinski definition) is 0. The SMILES string of the molecule is Clc1cccc(-c2cc(-c3cc(-c4ccccc4)nc(-c4cccc(-c5ccccc5)c4)n3)c3ccccc3c2)c1. The highest BCUT2D eigenvalue weighted by molar-refractivity contribution is 6.30. The van der Waals surface area contributed by atoms with E-state index in [1.807, 2.05) is 42.5 Å². The van der Waals surface area contributed by atoms with Crippen LogP contribution in [0.15, 0.2) is 152 Å². The molecule has 0 saturated carbocycles. The standard InChI is InChI=1S/C38H25ClN2/c39-33-19-10-17-29(23-33)32-22-30-15-7-8-20-34(30)35(24-32)37-25-36(27-13-5-2-6-14-27)40-38(41-37)31-18-9-16-28(21-31)26-11-3-1-4-12-26/h1-25H. The van der Waals surface area contributed by atoms with Gasteiger partial charge in [0.25, 0.3) is 0 Å². The molecule has 0 atom stereocenters. The van der Waals surface area contributed by atoms with Gasteiger partial charge >= 0.3 is 0 Å². The molecule has 0 amide bonds. The predicted molar refractivity (Wildman–Crippen MR) is 172 cm³/mol. The minimum absolute atomic E-state index is 0.691. The topological polar surface area (TPSA) is 25.8 Å². The van der Waals surface area contributed by atoms with E-state index in [-0.39, 0.29) is 0 Å². The lowest BCUT2D eigenvalue weighted by molar-refractivity contribution is 1.18. The minimum Gasteiger partial charge on any atom is -0.228 e. The maximum atomic E-state index is 6.38. The van der Waals surface area contributed by atoms with Crippen LogP contribution in [-0.4, -0.2) is 9.97 Å². The van der Waals surface area contributed by atoms with Crippen molar-refractivity contribution >= 4 is 22.4 Å². The predicted octanol–water partition coefficient (Wildman–Crippen LogP) is 10.6. The molecule has 7 aromatic rings. The summed E-state index contributed by atoms with van der Waals surface area (Å²) in [6.45, 7) is 0. The Hall–Kier alpha value is -5.05. The fourth-order valence-electron chi connectivity index (χ4n) is 5.30. The van der Waals surface area contributed by atoms with Crippen molar-refractivity contribution in [2.24, 2.45) is 0 Å². The molecule has 2 nitrogen and oxygen atoms in total. The van der Waals surface area contributed by atoms with Crippen molar-refractivity contribution < 1.29 is 0 Å². The number of hydrogen-bond acceptors (Lipinski definition) is 2. The molecule has 0 bridgehead atoms. The summed E-state index contributed by atoms with van der Waals surface area (Å²) in [5, 5.41) is 3.00. The second-order valence-corrected chi connectivity index (χ2v) is 10.5. The molecule has 6 aromatic carbocycles. The maximum absolute atomic E-state index is 6.38. The smallest absolute Gasteiger partial charge is 0.160 e. The van der Waals surface area contributed by atoms with Crippen molar-refractivity contribution in [2.45, 2.75) is 0 Å². The van der Waals surface area contributed by atoms with E-state index >= 15 is 0 Å². The van der Waals surface area contributed by atoms with Gasteiger partial charge in [0.15, 0.2) is 5.82 Å². The van der Waals surface area contributed by atoms with E-state index in [9.17, 15) is 0 Å². The van der Waals surface area contributed by atoms with Crippen molar-refractivity contribution in [3.05, 3.63) is 157 Å². The summed E-state index contributed by atoms with van der Waals surface area (Å²) in [4.78, 5) is 10.3. The quantitative estimate of drug-likeness (QED) is 0.215. The third kappa shape index (κ3) is 5.14. The number of benzene rings is 6. The van der Waals surface area contributed by atoms with Gasteiger partial charge < -0.3 is 0 Å². The number of rotatable bonds is 5. The van der Waals surface area contributed by atoms with E-state index in [1.165, 1.54) is 0 Å². The average Bonchev–Trinajstić information content (AvgIpc) is 3.05. The zero-order valence-corrected chi connectivity index (χ0v) is 23.0. The molecular formula is C38H25ClN2. The molecule has 0 fully saturated rings. The first-order valence-corrected chi connectivity index (χ1v) is 14.0. The summed E-state index contributed by atoms with van der Waals surface area (Å²) in [5.41, 5.74) is 9.28. The number of nitrogens with zero attached hydrogens (tertiary/aromatic N) is 2. The molecule has 0 N–H and O–H groups in total. The number of halogens is 1. The molecule has 0 radical (unpaired) electrons. The van der Waals surface area contributed by atoms with Crippen LogP contribution in [0.2, 0.25) is 5.02 Å². The van der Waals surface area contributed by atoms with Gasteiger partial charge in [0.1, 0.15) is 0 Å². The van der Waals surface area contributed by atoms with Crippen molar-refractivity contribution in [3.8, 4) is 56.2 Å². The van der Waals surface area contributed by atoms with Crippen LogP contribution in [-0.2, 0) is 0 Å². The van der Waals surface area contributed by atoms with Crippen LogP contribution < -0.4 is 0 Å². The van der Waals surface area contributed by atoms with Gasteiger partial charge in [0, 0.05) is 21.7 Å². The third-order valence-electron chi connectivity index (χ3n) is 7.32. The molecule has 194 valence electrons. The van der Waals surface area contributed by atoms with Crippen LogP contribution in [0.1, 0.15) is 0 Å². The summed E-state index contributed by atoms with van der Waals surface area (Å²) in [6.07, 6.45) is 0. The first kappa shape index (κ1) is 25.0. The van der Waals surface area contributed by atoms with Crippen molar-refractivity contribution in [3.63, 3.8) is 0 Å². The van der Waals surface area contributed by atoms with Crippen LogP contribution in [0.5, 0.6) is 0 Å². The van der Waals surface area contributed by atoms with Crippen LogP contribution in [0.3, 0.4) is 0 Å². The molecule has 3 heteroatoms. The van der Waals surface area contributed by atoms with E-state index in [1.54, 1.807) is 0 Å². The first-order valence-electron chi connectivity index (χ1n) is 13.6. The van der Waals surface area contributed by atoms with Crippen molar-refractivity contribution in [1.29, 1.82) is 0 Å². The fourth-order valence-corrected chi connectivity index (χ4v) is 5.49. The summed E-state index contributed by atoms with van der Waals surface area (Å²) in [7, 11) is 0. The van der Waals surface area contributed by atoms with Crippen molar-refractivity contribution in [1.82, 2.24) is 9.97 Å². The first-order chi connectivity index (χ1) is 20.2. The Morgan fingerprint density at radius 3 is 1.78 bits per heavy atom. The Morgan fingerprint density at radius 1 is 0.390 bits per heavy atom. The highest BCUT2D eigenvalue weighted by Crippen LogP contribution is 2.36. The van der Waals surface area contributed by atoms with E-state index in [2.05, 4.69) is 109 Å². The van der Waals surface area contributed by atoms with Gasteiger partial charge in [-0.25, -0.2) is 9.97 Å². The second kappa shape index (κ2) is 10.8. The fraction of sp³-hybridized carbons (Fsp3) is 0. The van der Waals surface area contributed by atoms with Gasteiger partial charge in [-0.1, -0.05) is 127 Å². The number of fused-ring (bicyclic) bond motifs is 1. The lowest BCUT2D eigenvalue weighted by Gasteiger charge is -2.14. The molecule has 0 saturated heterocycles. The van der Waals surface area contributed by atoms with Gasteiger partial charge in [-0.05, 0) is 69.4 Å². The molecule has 0 spiro atoms. The molecular weight excluding hydrogens is 520 g/mol. The van der Waals surface area contributed by atoms with Crippen LogP contribution in [0.4, 0.5) is 0 Å². The highest BCUT2D eigenvalue weighted by atomic mass is 35.5. The van der Waals surface area contributed by atoms with Crippen LogP contribution in [0, 0.1) is 0 Å². The van der Waals surface area contributed by atoms with Gasteiger partial charge in [0.05, 0.1) is 11.4 Å². The average molecular weight is 545 g/mol. The van der Waals surface area contributed by atoms with E-state index in [0.717, 1.165) is 61.1 Å². The molecule has 0 aliphatic heterocycles. The molecule has 0 unspecified atom stereocenters. The van der Waals surface area contributed by atoms with Gasteiger partial charge in [-0.2, -0.15) is 0 Å². The lowest BCUT2D eigenvalue weighted by atomic mass is 9.94. The van der Waals surface area contributed by atoms with Crippen molar-refractivity contribution in [2.75, 3.05) is 0 Å². The molecule has 7 rings (SSSR count). The summed E-state index contributed by atoms with van der Waals surface area (Å²) in [5.74, 6) is 0.691. The van der Waals surface area contributed by atoms with E-state index in [4.69, 9.17) is 21.6 Å². The minimum atomic E-state index is 0.691. The van der Waals surface area contributed by atoms with Gasteiger partial charge in [0.2, 0.25) is 0 Å². The Morgan fingerprint density at radius 2 is 1.00 bits per heavy atom. The van der Waals surface area contributed by atoms with Gasteiger partial charge in [-0.3, -0.25) is 0 Å². The highest BCUT2D eigenvalue weighted by Gasteiger charge is 2.15.